The Morgan fingerprint density at radius 1 is 1.24 bits per heavy atom. The predicted molar refractivity (Wildman–Crippen MR) is 75.8 cm³/mol. The zero-order chi connectivity index (χ0) is 15.0. The van der Waals surface area contributed by atoms with Gasteiger partial charge in [-0.2, -0.15) is 0 Å². The number of piperidine rings is 1. The molecular weight excluding hydrogens is 272 g/mol. The van der Waals surface area contributed by atoms with Crippen molar-refractivity contribution in [2.75, 3.05) is 20.3 Å². The van der Waals surface area contributed by atoms with Crippen LogP contribution in [0.5, 0.6) is 0 Å². The van der Waals surface area contributed by atoms with Gasteiger partial charge < -0.3 is 20.1 Å². The van der Waals surface area contributed by atoms with Crippen molar-refractivity contribution in [3.05, 3.63) is 0 Å². The highest BCUT2D eigenvalue weighted by Crippen LogP contribution is 2.33. The third-order valence-electron chi connectivity index (χ3n) is 5.29. The van der Waals surface area contributed by atoms with Gasteiger partial charge in [0.1, 0.15) is 5.92 Å². The highest BCUT2D eigenvalue weighted by Gasteiger charge is 2.40. The normalized spacial score (nSPS) is 38.4. The van der Waals surface area contributed by atoms with E-state index in [1.807, 2.05) is 0 Å². The molecule has 4 unspecified atom stereocenters. The van der Waals surface area contributed by atoms with Crippen LogP contribution >= 0.6 is 0 Å². The zero-order valence-electron chi connectivity index (χ0n) is 12.5. The Bertz CT molecular complexity index is 416. The van der Waals surface area contributed by atoms with Gasteiger partial charge in [-0.1, -0.05) is 0 Å². The van der Waals surface area contributed by atoms with Crippen LogP contribution in [-0.2, 0) is 14.3 Å². The molecule has 4 atom stereocenters. The van der Waals surface area contributed by atoms with Crippen LogP contribution in [0.1, 0.15) is 32.1 Å². The van der Waals surface area contributed by atoms with Crippen molar-refractivity contribution in [2.45, 2.75) is 50.2 Å². The van der Waals surface area contributed by atoms with Crippen molar-refractivity contribution in [2.24, 2.45) is 11.8 Å². The number of ether oxygens (including phenoxy) is 1. The molecule has 2 bridgehead atoms. The first-order chi connectivity index (χ1) is 10.0. The molecule has 0 aromatic carbocycles. The number of carboxylic acid groups (broad SMARTS) is 1. The standard InChI is InChI=1S/C15H24N2O4/c1-17(13-8-21-7-12(13)15(19)20)14(18)6-9-4-10-2-3-11(5-9)16-10/h9-13,16H,2-8H2,1H3,(H,19,20). The zero-order valence-corrected chi connectivity index (χ0v) is 12.5. The third-order valence-corrected chi connectivity index (χ3v) is 5.29. The Morgan fingerprint density at radius 2 is 1.90 bits per heavy atom. The van der Waals surface area contributed by atoms with Crippen molar-refractivity contribution >= 4 is 11.9 Å². The lowest BCUT2D eigenvalue weighted by Crippen LogP contribution is -2.45. The molecule has 1 amide bonds. The van der Waals surface area contributed by atoms with Gasteiger partial charge in [0.05, 0.1) is 19.3 Å². The second-order valence-corrected chi connectivity index (χ2v) is 6.73. The summed E-state index contributed by atoms with van der Waals surface area (Å²) >= 11 is 0. The number of carbonyl (C=O) groups is 2. The maximum absolute atomic E-state index is 12.5. The van der Waals surface area contributed by atoms with Gasteiger partial charge in [0.25, 0.3) is 0 Å². The van der Waals surface area contributed by atoms with E-state index in [1.54, 1.807) is 11.9 Å². The van der Waals surface area contributed by atoms with E-state index in [0.717, 1.165) is 12.8 Å². The number of rotatable bonds is 4. The van der Waals surface area contributed by atoms with Crippen molar-refractivity contribution < 1.29 is 19.4 Å². The van der Waals surface area contributed by atoms with Gasteiger partial charge in [-0.25, -0.2) is 0 Å². The smallest absolute Gasteiger partial charge is 0.311 e. The minimum absolute atomic E-state index is 0.0584. The molecule has 6 heteroatoms. The highest BCUT2D eigenvalue weighted by molar-refractivity contribution is 5.78. The van der Waals surface area contributed by atoms with Gasteiger partial charge in [-0.3, -0.25) is 9.59 Å². The molecule has 118 valence electrons. The Kier molecular flexibility index (Phi) is 4.17. The molecule has 0 aromatic rings. The maximum atomic E-state index is 12.5. The molecule has 3 aliphatic heterocycles. The number of hydrogen-bond donors (Lipinski definition) is 2. The topological polar surface area (TPSA) is 78.9 Å². The number of nitrogens with one attached hydrogen (secondary N) is 1. The van der Waals surface area contributed by atoms with E-state index in [-0.39, 0.29) is 18.6 Å². The molecular formula is C15H24N2O4. The average Bonchev–Trinajstić information content (AvgIpc) is 3.04. The van der Waals surface area contributed by atoms with E-state index in [2.05, 4.69) is 5.32 Å². The summed E-state index contributed by atoms with van der Waals surface area (Å²) in [5.74, 6) is -0.979. The van der Waals surface area contributed by atoms with Crippen molar-refractivity contribution in [1.82, 2.24) is 10.2 Å². The molecule has 21 heavy (non-hydrogen) atoms. The molecule has 3 saturated heterocycles. The van der Waals surface area contributed by atoms with E-state index in [4.69, 9.17) is 4.74 Å². The summed E-state index contributed by atoms with van der Waals surface area (Å²) in [6.45, 7) is 0.534. The maximum Gasteiger partial charge on any atom is 0.311 e. The van der Waals surface area contributed by atoms with Gasteiger partial charge in [0.15, 0.2) is 0 Å². The third kappa shape index (κ3) is 3.06. The second kappa shape index (κ2) is 5.93. The van der Waals surface area contributed by atoms with E-state index in [9.17, 15) is 14.7 Å². The number of hydrogen-bond acceptors (Lipinski definition) is 4. The summed E-state index contributed by atoms with van der Waals surface area (Å²) < 4.78 is 5.25. The van der Waals surface area contributed by atoms with Crippen LogP contribution < -0.4 is 5.32 Å². The van der Waals surface area contributed by atoms with E-state index in [1.165, 1.54) is 12.8 Å². The fraction of sp³-hybridized carbons (Fsp3) is 0.867. The summed E-state index contributed by atoms with van der Waals surface area (Å²) in [7, 11) is 1.72. The molecule has 3 heterocycles. The van der Waals surface area contributed by atoms with Crippen molar-refractivity contribution in [3.8, 4) is 0 Å². The molecule has 0 saturated carbocycles. The number of carboxylic acids is 1. The van der Waals surface area contributed by atoms with Gasteiger partial charge in [-0.15, -0.1) is 0 Å². The number of carbonyl (C=O) groups excluding carboxylic acids is 1. The van der Waals surface area contributed by atoms with Gasteiger partial charge in [0.2, 0.25) is 5.91 Å². The van der Waals surface area contributed by atoms with Crippen LogP contribution in [0.4, 0.5) is 0 Å². The SMILES string of the molecule is CN(C(=O)CC1CC2CCC(C1)N2)C1COCC1C(=O)O. The van der Waals surface area contributed by atoms with Crippen LogP contribution in [0.3, 0.4) is 0 Å². The van der Waals surface area contributed by atoms with E-state index in [0.29, 0.717) is 31.0 Å². The molecule has 6 nitrogen and oxygen atoms in total. The van der Waals surface area contributed by atoms with Gasteiger partial charge >= 0.3 is 5.97 Å². The largest absolute Gasteiger partial charge is 0.481 e. The monoisotopic (exact) mass is 296 g/mol. The average molecular weight is 296 g/mol. The first kappa shape index (κ1) is 14.8. The Morgan fingerprint density at radius 3 is 2.52 bits per heavy atom. The predicted octanol–water partition coefficient (Wildman–Crippen LogP) is 0.465. The summed E-state index contributed by atoms with van der Waals surface area (Å²) in [6.07, 6.45) is 5.12. The van der Waals surface area contributed by atoms with Crippen LogP contribution in [0.15, 0.2) is 0 Å². The van der Waals surface area contributed by atoms with Gasteiger partial charge in [-0.05, 0) is 31.6 Å². The number of likely N-dealkylation sites (N-methyl/N-ethyl adjacent to an activating group) is 1. The van der Waals surface area contributed by atoms with Crippen LogP contribution in [0.25, 0.3) is 0 Å². The Hall–Kier alpha value is -1.14. The van der Waals surface area contributed by atoms with Crippen LogP contribution in [-0.4, -0.2) is 60.3 Å². The van der Waals surface area contributed by atoms with Crippen LogP contribution in [0.2, 0.25) is 0 Å². The lowest BCUT2D eigenvalue weighted by molar-refractivity contribution is -0.144. The van der Waals surface area contributed by atoms with Crippen LogP contribution in [0, 0.1) is 11.8 Å². The molecule has 3 aliphatic rings. The minimum atomic E-state index is -0.878. The molecule has 3 rings (SSSR count). The number of nitrogens with zero attached hydrogens (tertiary/aromatic N) is 1. The molecule has 0 radical (unpaired) electrons. The minimum Gasteiger partial charge on any atom is -0.481 e. The van der Waals surface area contributed by atoms with E-state index >= 15 is 0 Å². The highest BCUT2D eigenvalue weighted by atomic mass is 16.5. The summed E-state index contributed by atoms with van der Waals surface area (Å²) in [6, 6.07) is 0.829. The lowest BCUT2D eigenvalue weighted by atomic mass is 9.89. The fourth-order valence-electron chi connectivity index (χ4n) is 4.08. The van der Waals surface area contributed by atoms with Crippen molar-refractivity contribution in [3.63, 3.8) is 0 Å². The van der Waals surface area contributed by atoms with Crippen molar-refractivity contribution in [1.29, 1.82) is 0 Å². The lowest BCUT2D eigenvalue weighted by Gasteiger charge is -2.32. The number of amides is 1. The summed E-state index contributed by atoms with van der Waals surface area (Å²) in [4.78, 5) is 25.3. The quantitative estimate of drug-likeness (QED) is 0.788. The molecule has 0 spiro atoms. The molecule has 3 fully saturated rings. The molecule has 0 aliphatic carbocycles. The van der Waals surface area contributed by atoms with Gasteiger partial charge in [0, 0.05) is 25.6 Å². The summed E-state index contributed by atoms with van der Waals surface area (Å²) in [5.41, 5.74) is 0. The van der Waals surface area contributed by atoms with E-state index < -0.39 is 11.9 Å². The Labute approximate surface area is 124 Å². The Balaban J connectivity index is 1.56. The first-order valence-electron chi connectivity index (χ1n) is 7.87. The number of fused-ring (bicyclic) bond motifs is 2. The number of aliphatic carboxylic acids is 1. The second-order valence-electron chi connectivity index (χ2n) is 6.73. The first-order valence-corrected chi connectivity index (χ1v) is 7.87. The summed E-state index contributed by atoms with van der Waals surface area (Å²) in [5, 5.41) is 12.8. The fourth-order valence-corrected chi connectivity index (χ4v) is 4.08. The molecule has 0 aromatic heterocycles. The molecule has 2 N–H and O–H groups in total.